The van der Waals surface area contributed by atoms with Crippen LogP contribution in [0.1, 0.15) is 49.1 Å². The average molecular weight is 320 g/mol. The Kier molecular flexibility index (Phi) is 4.17. The second kappa shape index (κ2) is 5.98. The van der Waals surface area contributed by atoms with E-state index in [9.17, 15) is 14.7 Å². The van der Waals surface area contributed by atoms with Gasteiger partial charge in [-0.15, -0.1) is 0 Å². The molecule has 126 valence electrons. The number of aliphatic carboxylic acids is 1. The van der Waals surface area contributed by atoms with Crippen LogP contribution in [-0.4, -0.2) is 40.1 Å². The van der Waals surface area contributed by atoms with Gasteiger partial charge >= 0.3 is 5.97 Å². The van der Waals surface area contributed by atoms with E-state index in [0.717, 1.165) is 30.5 Å². The molecular formula is C17H24N2O4. The largest absolute Gasteiger partial charge is 0.481 e. The number of hydrogen-bond acceptors (Lipinski definition) is 4. The second-order valence-electron chi connectivity index (χ2n) is 7.13. The highest BCUT2D eigenvalue weighted by Crippen LogP contribution is 2.45. The van der Waals surface area contributed by atoms with Gasteiger partial charge in [0.25, 0.3) is 0 Å². The maximum Gasteiger partial charge on any atom is 0.311 e. The van der Waals surface area contributed by atoms with Crippen LogP contribution in [0.3, 0.4) is 0 Å². The van der Waals surface area contributed by atoms with Crippen molar-refractivity contribution in [2.75, 3.05) is 13.1 Å². The van der Waals surface area contributed by atoms with Crippen molar-refractivity contribution in [2.24, 2.45) is 11.3 Å². The van der Waals surface area contributed by atoms with Crippen LogP contribution in [0.4, 0.5) is 0 Å². The maximum absolute atomic E-state index is 12.6. The zero-order valence-corrected chi connectivity index (χ0v) is 13.8. The van der Waals surface area contributed by atoms with Crippen LogP contribution in [0.2, 0.25) is 0 Å². The van der Waals surface area contributed by atoms with Crippen molar-refractivity contribution in [2.45, 2.75) is 52.4 Å². The van der Waals surface area contributed by atoms with Crippen molar-refractivity contribution in [1.29, 1.82) is 0 Å². The topological polar surface area (TPSA) is 83.6 Å². The Bertz CT molecular complexity index is 601. The third-order valence-corrected chi connectivity index (χ3v) is 5.27. The fraction of sp³-hybridized carbons (Fsp3) is 0.706. The summed E-state index contributed by atoms with van der Waals surface area (Å²) in [5.41, 5.74) is 0.799. The van der Waals surface area contributed by atoms with Gasteiger partial charge in [-0.3, -0.25) is 9.59 Å². The molecule has 23 heavy (non-hydrogen) atoms. The molecule has 0 spiro atoms. The highest BCUT2D eigenvalue weighted by atomic mass is 16.5. The van der Waals surface area contributed by atoms with E-state index in [1.54, 1.807) is 11.8 Å². The number of rotatable bonds is 5. The van der Waals surface area contributed by atoms with E-state index in [2.05, 4.69) is 5.16 Å². The lowest BCUT2D eigenvalue weighted by Gasteiger charge is -2.40. The predicted molar refractivity (Wildman–Crippen MR) is 82.9 cm³/mol. The van der Waals surface area contributed by atoms with Crippen molar-refractivity contribution in [3.8, 4) is 0 Å². The zero-order valence-electron chi connectivity index (χ0n) is 13.8. The summed E-state index contributed by atoms with van der Waals surface area (Å²) in [5.74, 6) is 0.416. The molecule has 1 saturated carbocycles. The molecule has 1 aliphatic heterocycles. The second-order valence-corrected chi connectivity index (χ2v) is 7.13. The summed E-state index contributed by atoms with van der Waals surface area (Å²) >= 11 is 0. The van der Waals surface area contributed by atoms with Crippen LogP contribution in [0.25, 0.3) is 0 Å². The molecule has 0 radical (unpaired) electrons. The summed E-state index contributed by atoms with van der Waals surface area (Å²) in [6.07, 6.45) is 4.63. The van der Waals surface area contributed by atoms with Gasteiger partial charge in [-0.05, 0) is 39.0 Å². The standard InChI is InChI=1S/C17H24N2O4/c1-11-14(12(2)23-18-11)8-15(20)19-7-3-6-17(10-19,16(21)22)9-13-4-5-13/h13H,3-10H2,1-2H3,(H,21,22)/t17-/m1/s1. The van der Waals surface area contributed by atoms with E-state index in [-0.39, 0.29) is 12.3 Å². The number of likely N-dealkylation sites (tertiary alicyclic amines) is 1. The summed E-state index contributed by atoms with van der Waals surface area (Å²) in [5, 5.41) is 13.6. The first kappa shape index (κ1) is 16.0. The van der Waals surface area contributed by atoms with Crippen molar-refractivity contribution >= 4 is 11.9 Å². The lowest BCUT2D eigenvalue weighted by Crippen LogP contribution is -2.50. The van der Waals surface area contributed by atoms with E-state index in [1.807, 2.05) is 6.92 Å². The molecule has 1 saturated heterocycles. The first-order valence-electron chi connectivity index (χ1n) is 8.34. The molecule has 3 rings (SSSR count). The lowest BCUT2D eigenvalue weighted by atomic mass is 9.75. The number of carboxylic acids is 1. The van der Waals surface area contributed by atoms with Crippen LogP contribution < -0.4 is 0 Å². The molecule has 2 aliphatic rings. The number of aryl methyl sites for hydroxylation is 2. The van der Waals surface area contributed by atoms with Gasteiger partial charge in [-0.1, -0.05) is 18.0 Å². The van der Waals surface area contributed by atoms with Crippen LogP contribution >= 0.6 is 0 Å². The highest BCUT2D eigenvalue weighted by Gasteiger charge is 2.46. The molecule has 1 aromatic heterocycles. The lowest BCUT2D eigenvalue weighted by molar-refractivity contribution is -0.155. The number of carbonyl (C=O) groups excluding carboxylic acids is 1. The van der Waals surface area contributed by atoms with E-state index < -0.39 is 11.4 Å². The molecule has 1 aliphatic carbocycles. The van der Waals surface area contributed by atoms with Gasteiger partial charge in [0.2, 0.25) is 5.91 Å². The van der Waals surface area contributed by atoms with Gasteiger partial charge in [-0.25, -0.2) is 0 Å². The van der Waals surface area contributed by atoms with Crippen molar-refractivity contribution in [3.63, 3.8) is 0 Å². The molecule has 1 atom stereocenters. The van der Waals surface area contributed by atoms with Crippen LogP contribution in [0.15, 0.2) is 4.52 Å². The minimum absolute atomic E-state index is 0.0273. The zero-order chi connectivity index (χ0) is 16.6. The minimum Gasteiger partial charge on any atom is -0.481 e. The quantitative estimate of drug-likeness (QED) is 0.900. The van der Waals surface area contributed by atoms with Gasteiger partial charge in [0, 0.05) is 18.7 Å². The summed E-state index contributed by atoms with van der Waals surface area (Å²) in [6.45, 7) is 4.60. The first-order valence-corrected chi connectivity index (χ1v) is 8.34. The number of amides is 1. The van der Waals surface area contributed by atoms with Crippen LogP contribution in [0, 0.1) is 25.2 Å². The summed E-state index contributed by atoms with van der Waals surface area (Å²) in [6, 6.07) is 0. The van der Waals surface area contributed by atoms with Gasteiger partial charge in [0.05, 0.1) is 17.5 Å². The molecule has 0 bridgehead atoms. The monoisotopic (exact) mass is 320 g/mol. The number of hydrogen-bond donors (Lipinski definition) is 1. The van der Waals surface area contributed by atoms with Gasteiger partial charge in [0.1, 0.15) is 5.76 Å². The molecule has 0 aromatic carbocycles. The highest BCUT2D eigenvalue weighted by molar-refractivity contribution is 5.81. The predicted octanol–water partition coefficient (Wildman–Crippen LogP) is 2.33. The Morgan fingerprint density at radius 2 is 2.13 bits per heavy atom. The summed E-state index contributed by atoms with van der Waals surface area (Å²) < 4.78 is 5.11. The van der Waals surface area contributed by atoms with Crippen LogP contribution in [-0.2, 0) is 16.0 Å². The number of carbonyl (C=O) groups is 2. The first-order chi connectivity index (χ1) is 10.9. The normalized spacial score (nSPS) is 24.7. The summed E-state index contributed by atoms with van der Waals surface area (Å²) in [4.78, 5) is 26.2. The summed E-state index contributed by atoms with van der Waals surface area (Å²) in [7, 11) is 0. The molecule has 0 unspecified atom stereocenters. The van der Waals surface area contributed by atoms with Crippen molar-refractivity contribution in [1.82, 2.24) is 10.1 Å². The van der Waals surface area contributed by atoms with Crippen molar-refractivity contribution < 1.29 is 19.2 Å². The molecule has 2 heterocycles. The Hall–Kier alpha value is -1.85. The van der Waals surface area contributed by atoms with Gasteiger partial charge < -0.3 is 14.5 Å². The van der Waals surface area contributed by atoms with E-state index in [4.69, 9.17) is 4.52 Å². The van der Waals surface area contributed by atoms with Crippen molar-refractivity contribution in [3.05, 3.63) is 17.0 Å². The van der Waals surface area contributed by atoms with E-state index >= 15 is 0 Å². The molecule has 2 fully saturated rings. The van der Waals surface area contributed by atoms with Gasteiger partial charge in [0.15, 0.2) is 0 Å². The van der Waals surface area contributed by atoms with E-state index in [1.165, 1.54) is 0 Å². The fourth-order valence-corrected chi connectivity index (χ4v) is 3.66. The molecule has 6 heteroatoms. The molecule has 1 aromatic rings. The van der Waals surface area contributed by atoms with Crippen LogP contribution in [0.5, 0.6) is 0 Å². The molecule has 1 amide bonds. The third-order valence-electron chi connectivity index (χ3n) is 5.27. The number of piperidine rings is 1. The Balaban J connectivity index is 1.71. The minimum atomic E-state index is -0.756. The fourth-order valence-electron chi connectivity index (χ4n) is 3.66. The van der Waals surface area contributed by atoms with E-state index in [0.29, 0.717) is 37.6 Å². The average Bonchev–Trinajstić information content (AvgIpc) is 3.27. The number of carboxylic acid groups (broad SMARTS) is 1. The molecule has 1 N–H and O–H groups in total. The number of aromatic nitrogens is 1. The number of nitrogens with zero attached hydrogens (tertiary/aromatic N) is 2. The Morgan fingerprint density at radius 3 is 2.70 bits per heavy atom. The SMILES string of the molecule is Cc1noc(C)c1CC(=O)N1CCC[C@](CC2CC2)(C(=O)O)C1. The maximum atomic E-state index is 12.6. The third kappa shape index (κ3) is 3.26. The van der Waals surface area contributed by atoms with Gasteiger partial charge in [-0.2, -0.15) is 0 Å². The Labute approximate surface area is 135 Å². The molecule has 6 nitrogen and oxygen atoms in total. The smallest absolute Gasteiger partial charge is 0.311 e. The Morgan fingerprint density at radius 1 is 1.39 bits per heavy atom. The molecular weight excluding hydrogens is 296 g/mol.